The van der Waals surface area contributed by atoms with E-state index < -0.39 is 0 Å². The van der Waals surface area contributed by atoms with Crippen molar-refractivity contribution in [2.24, 2.45) is 0 Å². The zero-order chi connectivity index (χ0) is 19.5. The minimum absolute atomic E-state index is 0.528. The van der Waals surface area contributed by atoms with Crippen molar-refractivity contribution in [2.75, 3.05) is 6.61 Å². The molecular weight excluding hydrogens is 412 g/mol. The Morgan fingerprint density at radius 3 is 2.36 bits per heavy atom. The van der Waals surface area contributed by atoms with Gasteiger partial charge in [-0.25, -0.2) is 4.98 Å². The van der Waals surface area contributed by atoms with E-state index in [0.717, 1.165) is 39.2 Å². The molecule has 0 amide bonds. The molecule has 4 rings (SSSR count). The van der Waals surface area contributed by atoms with Crippen LogP contribution in [0.4, 0.5) is 0 Å². The summed E-state index contributed by atoms with van der Waals surface area (Å²) in [6, 6.07) is 24.9. The maximum Gasteiger partial charge on any atom is 0.141 e. The fraction of sp³-hybridized carbons (Fsp3) is 0.208. The molecule has 0 atom stereocenters. The standard InChI is InChI=1S/C24H23BrN2O/c1-17(2)18-9-13-21(14-10-18)28-16-15-27-23-6-4-3-5-22(23)26-24(27)19-7-11-20(25)12-8-19/h3-14,17H,15-16H2,1-2H3. The van der Waals surface area contributed by atoms with Crippen LogP contribution in [0.2, 0.25) is 0 Å². The molecule has 0 unspecified atom stereocenters. The number of halogens is 1. The molecule has 0 saturated carbocycles. The number of ether oxygens (including phenoxy) is 1. The lowest BCUT2D eigenvalue weighted by molar-refractivity contribution is 0.300. The van der Waals surface area contributed by atoms with Gasteiger partial charge in [-0.2, -0.15) is 0 Å². The van der Waals surface area contributed by atoms with Crippen molar-refractivity contribution in [3.05, 3.63) is 82.8 Å². The van der Waals surface area contributed by atoms with Gasteiger partial charge in [-0.05, 0) is 47.9 Å². The van der Waals surface area contributed by atoms with Crippen LogP contribution in [0.5, 0.6) is 5.75 Å². The maximum absolute atomic E-state index is 6.02. The average Bonchev–Trinajstić information content (AvgIpc) is 3.08. The highest BCUT2D eigenvalue weighted by molar-refractivity contribution is 9.10. The third-order valence-corrected chi connectivity index (χ3v) is 5.42. The molecular formula is C24H23BrN2O. The predicted molar refractivity (Wildman–Crippen MR) is 119 cm³/mol. The molecule has 142 valence electrons. The van der Waals surface area contributed by atoms with E-state index in [0.29, 0.717) is 12.5 Å². The molecule has 0 aliphatic heterocycles. The highest BCUT2D eigenvalue weighted by Gasteiger charge is 2.12. The topological polar surface area (TPSA) is 27.1 Å². The van der Waals surface area contributed by atoms with Crippen molar-refractivity contribution < 1.29 is 4.74 Å². The number of hydrogen-bond acceptors (Lipinski definition) is 2. The van der Waals surface area contributed by atoms with Crippen molar-refractivity contribution in [3.8, 4) is 17.1 Å². The molecule has 0 bridgehead atoms. The molecule has 4 heteroatoms. The number of hydrogen-bond donors (Lipinski definition) is 0. The summed E-state index contributed by atoms with van der Waals surface area (Å²) in [5.41, 5.74) is 4.55. The zero-order valence-electron chi connectivity index (χ0n) is 16.1. The Labute approximate surface area is 174 Å². The zero-order valence-corrected chi connectivity index (χ0v) is 17.7. The summed E-state index contributed by atoms with van der Waals surface area (Å²) >= 11 is 3.51. The lowest BCUT2D eigenvalue weighted by Crippen LogP contribution is -2.09. The van der Waals surface area contributed by atoms with Gasteiger partial charge in [-0.3, -0.25) is 0 Å². The Morgan fingerprint density at radius 1 is 0.929 bits per heavy atom. The summed E-state index contributed by atoms with van der Waals surface area (Å²) in [5, 5.41) is 0. The van der Waals surface area contributed by atoms with Crippen LogP contribution in [0.1, 0.15) is 25.3 Å². The van der Waals surface area contributed by atoms with E-state index >= 15 is 0 Å². The normalized spacial score (nSPS) is 11.3. The Morgan fingerprint density at radius 2 is 1.64 bits per heavy atom. The fourth-order valence-corrected chi connectivity index (χ4v) is 3.59. The van der Waals surface area contributed by atoms with Gasteiger partial charge >= 0.3 is 0 Å². The molecule has 0 radical (unpaired) electrons. The van der Waals surface area contributed by atoms with Gasteiger partial charge in [0.15, 0.2) is 0 Å². The summed E-state index contributed by atoms with van der Waals surface area (Å²) in [6.07, 6.45) is 0. The maximum atomic E-state index is 6.02. The van der Waals surface area contributed by atoms with Crippen LogP contribution in [-0.4, -0.2) is 16.2 Å². The van der Waals surface area contributed by atoms with E-state index in [2.05, 4.69) is 88.9 Å². The Hall–Kier alpha value is -2.59. The predicted octanol–water partition coefficient (Wildman–Crippen LogP) is 6.67. The fourth-order valence-electron chi connectivity index (χ4n) is 3.32. The third kappa shape index (κ3) is 3.97. The number of aromatic nitrogens is 2. The molecule has 0 fully saturated rings. The van der Waals surface area contributed by atoms with Crippen LogP contribution in [0.25, 0.3) is 22.4 Å². The van der Waals surface area contributed by atoms with Crippen molar-refractivity contribution in [2.45, 2.75) is 26.3 Å². The van der Waals surface area contributed by atoms with Crippen LogP contribution in [0, 0.1) is 0 Å². The molecule has 0 aliphatic rings. The van der Waals surface area contributed by atoms with Gasteiger partial charge in [0.25, 0.3) is 0 Å². The van der Waals surface area contributed by atoms with Gasteiger partial charge in [-0.1, -0.05) is 66.2 Å². The van der Waals surface area contributed by atoms with E-state index in [1.165, 1.54) is 5.56 Å². The van der Waals surface area contributed by atoms with E-state index in [1.54, 1.807) is 0 Å². The van der Waals surface area contributed by atoms with E-state index in [1.807, 2.05) is 18.2 Å². The number of rotatable bonds is 6. The summed E-state index contributed by atoms with van der Waals surface area (Å²) in [7, 11) is 0. The van der Waals surface area contributed by atoms with Crippen molar-refractivity contribution in [1.29, 1.82) is 0 Å². The highest BCUT2D eigenvalue weighted by atomic mass is 79.9. The van der Waals surface area contributed by atoms with Crippen molar-refractivity contribution >= 4 is 27.0 Å². The third-order valence-electron chi connectivity index (χ3n) is 4.89. The molecule has 3 aromatic carbocycles. The summed E-state index contributed by atoms with van der Waals surface area (Å²) in [6.45, 7) is 5.72. The lowest BCUT2D eigenvalue weighted by Gasteiger charge is -2.12. The van der Waals surface area contributed by atoms with Gasteiger partial charge in [-0.15, -0.1) is 0 Å². The SMILES string of the molecule is CC(C)c1ccc(OCCn2c(-c3ccc(Br)cc3)nc3ccccc32)cc1. The Kier molecular flexibility index (Phi) is 5.49. The first-order valence-corrected chi connectivity index (χ1v) is 10.3. The second-order valence-electron chi connectivity index (χ2n) is 7.15. The lowest BCUT2D eigenvalue weighted by atomic mass is 10.0. The smallest absolute Gasteiger partial charge is 0.141 e. The van der Waals surface area contributed by atoms with Gasteiger partial charge in [0.2, 0.25) is 0 Å². The number of nitrogens with zero attached hydrogens (tertiary/aromatic N) is 2. The first kappa shape index (κ1) is 18.8. The first-order chi connectivity index (χ1) is 13.6. The van der Waals surface area contributed by atoms with E-state index in [-0.39, 0.29) is 0 Å². The van der Waals surface area contributed by atoms with E-state index in [9.17, 15) is 0 Å². The summed E-state index contributed by atoms with van der Waals surface area (Å²) in [5.74, 6) is 2.39. The minimum atomic E-state index is 0.528. The Bertz CT molecular complexity index is 1070. The van der Waals surface area contributed by atoms with E-state index in [4.69, 9.17) is 9.72 Å². The molecule has 1 heterocycles. The molecule has 3 nitrogen and oxygen atoms in total. The molecule has 0 N–H and O–H groups in total. The van der Waals surface area contributed by atoms with Crippen LogP contribution < -0.4 is 4.74 Å². The van der Waals surface area contributed by atoms with Crippen molar-refractivity contribution in [1.82, 2.24) is 9.55 Å². The van der Waals surface area contributed by atoms with Gasteiger partial charge < -0.3 is 9.30 Å². The quantitative estimate of drug-likeness (QED) is 0.338. The van der Waals surface area contributed by atoms with Crippen LogP contribution >= 0.6 is 15.9 Å². The second-order valence-corrected chi connectivity index (χ2v) is 8.07. The number of para-hydroxylation sites is 2. The van der Waals surface area contributed by atoms with Gasteiger partial charge in [0, 0.05) is 10.0 Å². The average molecular weight is 435 g/mol. The number of imidazole rings is 1. The summed E-state index contributed by atoms with van der Waals surface area (Å²) in [4.78, 5) is 4.86. The van der Waals surface area contributed by atoms with Crippen molar-refractivity contribution in [3.63, 3.8) is 0 Å². The van der Waals surface area contributed by atoms with Gasteiger partial charge in [0.05, 0.1) is 17.6 Å². The van der Waals surface area contributed by atoms with Crippen LogP contribution in [0.15, 0.2) is 77.3 Å². The molecule has 28 heavy (non-hydrogen) atoms. The Balaban J connectivity index is 1.57. The summed E-state index contributed by atoms with van der Waals surface area (Å²) < 4.78 is 9.32. The highest BCUT2D eigenvalue weighted by Crippen LogP contribution is 2.26. The van der Waals surface area contributed by atoms with Crippen LogP contribution in [0.3, 0.4) is 0 Å². The molecule has 1 aromatic heterocycles. The molecule has 4 aromatic rings. The molecule has 0 spiro atoms. The number of fused-ring (bicyclic) bond motifs is 1. The van der Waals surface area contributed by atoms with Crippen LogP contribution in [-0.2, 0) is 6.54 Å². The minimum Gasteiger partial charge on any atom is -0.492 e. The largest absolute Gasteiger partial charge is 0.492 e. The monoisotopic (exact) mass is 434 g/mol. The number of benzene rings is 3. The molecule has 0 aliphatic carbocycles. The second kappa shape index (κ2) is 8.19. The molecule has 0 saturated heterocycles. The van der Waals surface area contributed by atoms with Gasteiger partial charge in [0.1, 0.15) is 18.2 Å². The first-order valence-electron chi connectivity index (χ1n) is 9.56.